The Hall–Kier alpha value is -1.75. The van der Waals surface area contributed by atoms with Gasteiger partial charge < -0.3 is 9.63 Å². The highest BCUT2D eigenvalue weighted by Gasteiger charge is 2.31. The average Bonchev–Trinajstić information content (AvgIpc) is 3.12. The molecule has 94 valence electrons. The third-order valence-corrected chi connectivity index (χ3v) is 3.13. The maximum atomic E-state index is 13.5. The number of hydrogen-bond donors (Lipinski definition) is 1. The molecular weight excluding hydrogens is 235 g/mol. The number of benzene rings is 1. The van der Waals surface area contributed by atoms with E-state index in [1.54, 1.807) is 18.2 Å². The quantitative estimate of drug-likeness (QED) is 0.901. The molecule has 0 radical (unpaired) electrons. The molecule has 3 rings (SSSR count). The molecule has 1 N–H and O–H groups in total. The molecule has 1 fully saturated rings. The fourth-order valence-corrected chi connectivity index (χ4v) is 1.92. The van der Waals surface area contributed by atoms with Gasteiger partial charge in [0.15, 0.2) is 0 Å². The molecule has 1 unspecified atom stereocenters. The minimum absolute atomic E-state index is 0.228. The predicted octanol–water partition coefficient (Wildman–Crippen LogP) is 2.19. The summed E-state index contributed by atoms with van der Waals surface area (Å²) in [5.41, 5.74) is 0.313. The minimum atomic E-state index is -0.432. The van der Waals surface area contributed by atoms with E-state index in [9.17, 15) is 9.50 Å². The molecule has 1 aliphatic rings. The van der Waals surface area contributed by atoms with Crippen molar-refractivity contribution >= 4 is 0 Å². The van der Waals surface area contributed by atoms with E-state index in [2.05, 4.69) is 10.1 Å². The molecule has 0 saturated heterocycles. The van der Waals surface area contributed by atoms with Crippen molar-refractivity contribution in [3.63, 3.8) is 0 Å². The zero-order valence-corrected chi connectivity index (χ0v) is 9.71. The largest absolute Gasteiger partial charge is 0.392 e. The number of rotatable bonds is 4. The molecule has 18 heavy (non-hydrogen) atoms. The smallest absolute Gasteiger partial charge is 0.229 e. The average molecular weight is 248 g/mol. The van der Waals surface area contributed by atoms with Crippen LogP contribution in [0.1, 0.15) is 18.7 Å². The molecule has 1 aliphatic carbocycles. The normalized spacial score (nSPS) is 16.8. The molecule has 1 saturated carbocycles. The van der Waals surface area contributed by atoms with Gasteiger partial charge in [0.1, 0.15) is 5.82 Å². The van der Waals surface area contributed by atoms with Crippen LogP contribution in [0.15, 0.2) is 28.8 Å². The van der Waals surface area contributed by atoms with Gasteiger partial charge in [0, 0.05) is 0 Å². The van der Waals surface area contributed by atoms with E-state index in [4.69, 9.17) is 4.52 Å². The van der Waals surface area contributed by atoms with Crippen molar-refractivity contribution < 1.29 is 14.0 Å². The van der Waals surface area contributed by atoms with Crippen LogP contribution in [-0.2, 0) is 6.42 Å². The van der Waals surface area contributed by atoms with Gasteiger partial charge in [-0.15, -0.1) is 0 Å². The van der Waals surface area contributed by atoms with Crippen LogP contribution in [0.4, 0.5) is 4.39 Å². The lowest BCUT2D eigenvalue weighted by Gasteiger charge is -2.03. The third kappa shape index (κ3) is 2.26. The molecule has 0 aliphatic heterocycles. The van der Waals surface area contributed by atoms with E-state index in [-0.39, 0.29) is 11.6 Å². The Bertz CT molecular complexity index is 551. The minimum Gasteiger partial charge on any atom is -0.392 e. The van der Waals surface area contributed by atoms with Crippen molar-refractivity contribution in [3.8, 4) is 11.4 Å². The van der Waals surface area contributed by atoms with Crippen LogP contribution in [-0.4, -0.2) is 21.4 Å². The molecule has 1 aromatic heterocycles. The van der Waals surface area contributed by atoms with Crippen LogP contribution in [0.3, 0.4) is 0 Å². The molecule has 0 bridgehead atoms. The second-order valence-electron chi connectivity index (χ2n) is 4.60. The fourth-order valence-electron chi connectivity index (χ4n) is 1.92. The van der Waals surface area contributed by atoms with Crippen molar-refractivity contribution in [1.82, 2.24) is 10.1 Å². The van der Waals surface area contributed by atoms with Crippen LogP contribution in [0.25, 0.3) is 11.4 Å². The molecule has 5 heteroatoms. The second-order valence-corrected chi connectivity index (χ2v) is 4.60. The lowest BCUT2D eigenvalue weighted by molar-refractivity contribution is 0.140. The van der Waals surface area contributed by atoms with Crippen molar-refractivity contribution in [3.05, 3.63) is 36.0 Å². The Morgan fingerprint density at radius 1 is 1.39 bits per heavy atom. The summed E-state index contributed by atoms with van der Waals surface area (Å²) < 4.78 is 18.5. The van der Waals surface area contributed by atoms with E-state index < -0.39 is 6.10 Å². The summed E-state index contributed by atoms with van der Waals surface area (Å²) in [6, 6.07) is 6.27. The fraction of sp³-hybridized carbons (Fsp3) is 0.385. The number of aliphatic hydroxyl groups excluding tert-OH is 1. The van der Waals surface area contributed by atoms with Crippen molar-refractivity contribution in [2.75, 3.05) is 0 Å². The SMILES string of the molecule is OC(Cc1nc(-c2ccccc2F)no1)C1CC1. The summed E-state index contributed by atoms with van der Waals surface area (Å²) >= 11 is 0. The molecule has 1 heterocycles. The summed E-state index contributed by atoms with van der Waals surface area (Å²) in [5, 5.41) is 13.5. The van der Waals surface area contributed by atoms with Gasteiger partial charge in [0.2, 0.25) is 11.7 Å². The Kier molecular flexibility index (Phi) is 2.83. The zero-order chi connectivity index (χ0) is 12.5. The van der Waals surface area contributed by atoms with Gasteiger partial charge in [-0.3, -0.25) is 0 Å². The van der Waals surface area contributed by atoms with E-state index in [0.29, 0.717) is 23.8 Å². The second kappa shape index (κ2) is 4.49. The molecule has 0 spiro atoms. The van der Waals surface area contributed by atoms with Gasteiger partial charge in [0.05, 0.1) is 18.1 Å². The van der Waals surface area contributed by atoms with Crippen LogP contribution in [0.5, 0.6) is 0 Å². The van der Waals surface area contributed by atoms with Gasteiger partial charge in [0.25, 0.3) is 0 Å². The first kappa shape index (κ1) is 11.3. The van der Waals surface area contributed by atoms with E-state index in [1.165, 1.54) is 6.07 Å². The Balaban J connectivity index is 1.78. The molecule has 1 atom stereocenters. The Morgan fingerprint density at radius 3 is 2.89 bits per heavy atom. The lowest BCUT2D eigenvalue weighted by Crippen LogP contribution is -2.12. The highest BCUT2D eigenvalue weighted by Crippen LogP contribution is 2.34. The van der Waals surface area contributed by atoms with Crippen LogP contribution < -0.4 is 0 Å². The molecule has 1 aromatic carbocycles. The van der Waals surface area contributed by atoms with Crippen LogP contribution in [0, 0.1) is 11.7 Å². The Morgan fingerprint density at radius 2 is 2.17 bits per heavy atom. The number of aliphatic hydroxyl groups is 1. The summed E-state index contributed by atoms with van der Waals surface area (Å²) in [6.07, 6.45) is 2.01. The van der Waals surface area contributed by atoms with Crippen LogP contribution in [0.2, 0.25) is 0 Å². The summed E-state index contributed by atoms with van der Waals surface area (Å²) in [4.78, 5) is 4.11. The van der Waals surface area contributed by atoms with Crippen molar-refractivity contribution in [2.24, 2.45) is 5.92 Å². The number of hydrogen-bond acceptors (Lipinski definition) is 4. The van der Waals surface area contributed by atoms with Gasteiger partial charge in [-0.25, -0.2) is 4.39 Å². The van der Waals surface area contributed by atoms with Gasteiger partial charge in [-0.2, -0.15) is 4.98 Å². The highest BCUT2D eigenvalue weighted by molar-refractivity contribution is 5.54. The lowest BCUT2D eigenvalue weighted by atomic mass is 10.1. The topological polar surface area (TPSA) is 59.2 Å². The van der Waals surface area contributed by atoms with Crippen molar-refractivity contribution in [1.29, 1.82) is 0 Å². The van der Waals surface area contributed by atoms with Gasteiger partial charge >= 0.3 is 0 Å². The van der Waals surface area contributed by atoms with E-state index in [0.717, 1.165) is 12.8 Å². The predicted molar refractivity (Wildman–Crippen MR) is 62.1 cm³/mol. The zero-order valence-electron chi connectivity index (χ0n) is 9.71. The number of halogens is 1. The first-order valence-corrected chi connectivity index (χ1v) is 5.99. The number of aromatic nitrogens is 2. The van der Waals surface area contributed by atoms with E-state index >= 15 is 0 Å². The maximum Gasteiger partial charge on any atom is 0.229 e. The Labute approximate surface area is 103 Å². The first-order valence-electron chi connectivity index (χ1n) is 5.99. The highest BCUT2D eigenvalue weighted by atomic mass is 19.1. The molecule has 0 amide bonds. The summed E-state index contributed by atoms with van der Waals surface area (Å²) in [7, 11) is 0. The third-order valence-electron chi connectivity index (χ3n) is 3.13. The first-order chi connectivity index (χ1) is 8.74. The molecular formula is C13H13FN2O2. The number of nitrogens with zero attached hydrogens (tertiary/aromatic N) is 2. The summed E-state index contributed by atoms with van der Waals surface area (Å²) in [5.74, 6) is 0.556. The maximum absolute atomic E-state index is 13.5. The van der Waals surface area contributed by atoms with Crippen molar-refractivity contribution in [2.45, 2.75) is 25.4 Å². The summed E-state index contributed by atoms with van der Waals surface area (Å²) in [6.45, 7) is 0. The monoisotopic (exact) mass is 248 g/mol. The molecule has 4 nitrogen and oxygen atoms in total. The van der Waals surface area contributed by atoms with Gasteiger partial charge in [-0.1, -0.05) is 17.3 Å². The van der Waals surface area contributed by atoms with E-state index in [1.807, 2.05) is 0 Å². The standard InChI is InChI=1S/C13H13FN2O2/c14-10-4-2-1-3-9(10)13-15-12(18-16-13)7-11(17)8-5-6-8/h1-4,8,11,17H,5-7H2. The molecule has 2 aromatic rings. The van der Waals surface area contributed by atoms with Crippen LogP contribution >= 0.6 is 0 Å². The van der Waals surface area contributed by atoms with Gasteiger partial charge in [-0.05, 0) is 30.9 Å².